The van der Waals surface area contributed by atoms with Gasteiger partial charge in [-0.05, 0) is 29.3 Å². The normalized spacial score (nSPS) is 10.5. The Morgan fingerprint density at radius 2 is 2.00 bits per heavy atom. The largest absolute Gasteiger partial charge is 0.309 e. The standard InChI is InChI=1S/C14H12BrClN2O2/c15-14-7-13(18(19)20)5-4-11(14)9-17-8-10-2-1-3-12(16)6-10/h1-7,17H,8-9H2. The summed E-state index contributed by atoms with van der Waals surface area (Å²) in [5.41, 5.74) is 2.14. The summed E-state index contributed by atoms with van der Waals surface area (Å²) < 4.78 is 0.727. The van der Waals surface area contributed by atoms with Gasteiger partial charge in [0, 0.05) is 34.7 Å². The average Bonchev–Trinajstić information content (AvgIpc) is 2.40. The Hall–Kier alpha value is -1.43. The Labute approximate surface area is 130 Å². The van der Waals surface area contributed by atoms with E-state index in [1.807, 2.05) is 24.3 Å². The Kier molecular flexibility index (Phi) is 5.11. The van der Waals surface area contributed by atoms with Crippen LogP contribution in [0.25, 0.3) is 0 Å². The summed E-state index contributed by atoms with van der Waals surface area (Å²) in [6.45, 7) is 1.30. The number of hydrogen-bond acceptors (Lipinski definition) is 3. The van der Waals surface area contributed by atoms with Gasteiger partial charge in [0.05, 0.1) is 4.92 Å². The highest BCUT2D eigenvalue weighted by Gasteiger charge is 2.08. The number of nitrogens with one attached hydrogen (secondary N) is 1. The van der Waals surface area contributed by atoms with E-state index < -0.39 is 4.92 Å². The van der Waals surface area contributed by atoms with Crippen LogP contribution >= 0.6 is 27.5 Å². The molecule has 4 nitrogen and oxygen atoms in total. The first-order chi connectivity index (χ1) is 9.56. The van der Waals surface area contributed by atoms with E-state index >= 15 is 0 Å². The van der Waals surface area contributed by atoms with Crippen molar-refractivity contribution >= 4 is 33.2 Å². The molecule has 0 spiro atoms. The molecule has 0 atom stereocenters. The summed E-state index contributed by atoms with van der Waals surface area (Å²) in [6.07, 6.45) is 0. The molecule has 0 heterocycles. The van der Waals surface area contributed by atoms with E-state index in [-0.39, 0.29) is 5.69 Å². The summed E-state index contributed by atoms with van der Waals surface area (Å²) >= 11 is 9.26. The van der Waals surface area contributed by atoms with E-state index in [4.69, 9.17) is 11.6 Å². The van der Waals surface area contributed by atoms with Crippen molar-refractivity contribution in [3.05, 3.63) is 73.2 Å². The molecule has 0 bridgehead atoms. The van der Waals surface area contributed by atoms with Gasteiger partial charge in [-0.25, -0.2) is 0 Å². The molecule has 0 radical (unpaired) electrons. The van der Waals surface area contributed by atoms with Gasteiger partial charge < -0.3 is 5.32 Å². The number of non-ortho nitro benzene ring substituents is 1. The van der Waals surface area contributed by atoms with E-state index in [2.05, 4.69) is 21.2 Å². The van der Waals surface area contributed by atoms with Crippen LogP contribution in [0.1, 0.15) is 11.1 Å². The van der Waals surface area contributed by atoms with Crippen molar-refractivity contribution in [3.63, 3.8) is 0 Å². The van der Waals surface area contributed by atoms with Gasteiger partial charge in [0.15, 0.2) is 0 Å². The first kappa shape index (κ1) is 15.0. The molecule has 104 valence electrons. The van der Waals surface area contributed by atoms with Gasteiger partial charge in [-0.3, -0.25) is 10.1 Å². The molecule has 0 fully saturated rings. The minimum absolute atomic E-state index is 0.0791. The number of nitro benzene ring substituents is 1. The second-order valence-electron chi connectivity index (χ2n) is 4.27. The van der Waals surface area contributed by atoms with E-state index in [0.717, 1.165) is 15.6 Å². The van der Waals surface area contributed by atoms with Crippen LogP contribution in [-0.4, -0.2) is 4.92 Å². The highest BCUT2D eigenvalue weighted by molar-refractivity contribution is 9.10. The molecule has 0 aliphatic rings. The fraction of sp³-hybridized carbons (Fsp3) is 0.143. The minimum atomic E-state index is -0.409. The lowest BCUT2D eigenvalue weighted by Gasteiger charge is -2.07. The van der Waals surface area contributed by atoms with Gasteiger partial charge in [0.2, 0.25) is 0 Å². The third kappa shape index (κ3) is 4.03. The van der Waals surface area contributed by atoms with Gasteiger partial charge in [0.25, 0.3) is 5.69 Å². The van der Waals surface area contributed by atoms with Crippen LogP contribution in [-0.2, 0) is 13.1 Å². The third-order valence-corrected chi connectivity index (χ3v) is 3.75. The highest BCUT2D eigenvalue weighted by atomic mass is 79.9. The van der Waals surface area contributed by atoms with Gasteiger partial charge in [0.1, 0.15) is 0 Å². The monoisotopic (exact) mass is 354 g/mol. The maximum atomic E-state index is 10.7. The lowest BCUT2D eigenvalue weighted by atomic mass is 10.2. The van der Waals surface area contributed by atoms with Crippen LogP contribution in [0.15, 0.2) is 46.9 Å². The van der Waals surface area contributed by atoms with E-state index in [0.29, 0.717) is 18.1 Å². The Balaban J connectivity index is 1.96. The molecule has 0 unspecified atom stereocenters. The predicted octanol–water partition coefficient (Wildman–Crippen LogP) is 4.30. The molecule has 2 aromatic carbocycles. The summed E-state index contributed by atoms with van der Waals surface area (Å²) in [4.78, 5) is 10.2. The molecule has 1 N–H and O–H groups in total. The molecule has 20 heavy (non-hydrogen) atoms. The van der Waals surface area contributed by atoms with Crippen LogP contribution in [0.5, 0.6) is 0 Å². The summed E-state index contributed by atoms with van der Waals surface area (Å²) in [5.74, 6) is 0. The first-order valence-electron chi connectivity index (χ1n) is 5.94. The molecule has 2 aromatic rings. The second kappa shape index (κ2) is 6.83. The molecule has 0 aliphatic carbocycles. The summed E-state index contributed by atoms with van der Waals surface area (Å²) in [6, 6.07) is 12.4. The summed E-state index contributed by atoms with van der Waals surface area (Å²) in [7, 11) is 0. The van der Waals surface area contributed by atoms with Crippen molar-refractivity contribution in [1.29, 1.82) is 0 Å². The van der Waals surface area contributed by atoms with Crippen molar-refractivity contribution < 1.29 is 4.92 Å². The fourth-order valence-electron chi connectivity index (χ4n) is 1.78. The maximum absolute atomic E-state index is 10.7. The van der Waals surface area contributed by atoms with Gasteiger partial charge >= 0.3 is 0 Å². The molecular weight excluding hydrogens is 344 g/mol. The number of hydrogen-bond donors (Lipinski definition) is 1. The molecule has 0 aliphatic heterocycles. The number of benzene rings is 2. The van der Waals surface area contributed by atoms with E-state index in [9.17, 15) is 10.1 Å². The lowest BCUT2D eigenvalue weighted by molar-refractivity contribution is -0.384. The Morgan fingerprint density at radius 1 is 1.20 bits per heavy atom. The fourth-order valence-corrected chi connectivity index (χ4v) is 2.50. The van der Waals surface area contributed by atoms with Crippen molar-refractivity contribution in [1.82, 2.24) is 5.32 Å². The molecular formula is C14H12BrClN2O2. The summed E-state index contributed by atoms with van der Waals surface area (Å²) in [5, 5.41) is 14.6. The molecule has 0 amide bonds. The smallest absolute Gasteiger partial charge is 0.270 e. The minimum Gasteiger partial charge on any atom is -0.309 e. The van der Waals surface area contributed by atoms with Gasteiger partial charge in [-0.1, -0.05) is 39.7 Å². The lowest BCUT2D eigenvalue weighted by Crippen LogP contribution is -2.13. The van der Waals surface area contributed by atoms with Crippen LogP contribution in [0.4, 0.5) is 5.69 Å². The van der Waals surface area contributed by atoms with Crippen LogP contribution in [0.2, 0.25) is 5.02 Å². The van der Waals surface area contributed by atoms with Crippen molar-refractivity contribution in [2.24, 2.45) is 0 Å². The van der Waals surface area contributed by atoms with E-state index in [1.165, 1.54) is 12.1 Å². The molecule has 0 saturated carbocycles. The number of halogens is 2. The molecule has 6 heteroatoms. The predicted molar refractivity (Wildman–Crippen MR) is 82.8 cm³/mol. The number of nitro groups is 1. The Bertz CT molecular complexity index is 634. The first-order valence-corrected chi connectivity index (χ1v) is 7.11. The topological polar surface area (TPSA) is 55.2 Å². The average molecular weight is 356 g/mol. The van der Waals surface area contributed by atoms with E-state index in [1.54, 1.807) is 6.07 Å². The number of nitrogens with zero attached hydrogens (tertiary/aromatic N) is 1. The van der Waals surface area contributed by atoms with Gasteiger partial charge in [-0.2, -0.15) is 0 Å². The van der Waals surface area contributed by atoms with Crippen molar-refractivity contribution in [3.8, 4) is 0 Å². The number of rotatable bonds is 5. The molecule has 0 saturated heterocycles. The molecule has 0 aromatic heterocycles. The zero-order chi connectivity index (χ0) is 14.5. The second-order valence-corrected chi connectivity index (χ2v) is 5.56. The van der Waals surface area contributed by atoms with Crippen molar-refractivity contribution in [2.75, 3.05) is 0 Å². The van der Waals surface area contributed by atoms with Crippen molar-refractivity contribution in [2.45, 2.75) is 13.1 Å². The quantitative estimate of drug-likeness (QED) is 0.642. The highest BCUT2D eigenvalue weighted by Crippen LogP contribution is 2.23. The zero-order valence-electron chi connectivity index (χ0n) is 10.5. The zero-order valence-corrected chi connectivity index (χ0v) is 12.8. The van der Waals surface area contributed by atoms with Crippen LogP contribution < -0.4 is 5.32 Å². The SMILES string of the molecule is O=[N+]([O-])c1ccc(CNCc2cccc(Cl)c2)c(Br)c1. The molecule has 2 rings (SSSR count). The van der Waals surface area contributed by atoms with Gasteiger partial charge in [-0.15, -0.1) is 0 Å². The Morgan fingerprint density at radius 3 is 2.65 bits per heavy atom. The third-order valence-electron chi connectivity index (χ3n) is 2.78. The van der Waals surface area contributed by atoms with Crippen LogP contribution in [0, 0.1) is 10.1 Å². The van der Waals surface area contributed by atoms with Crippen LogP contribution in [0.3, 0.4) is 0 Å². The maximum Gasteiger partial charge on any atom is 0.270 e.